The van der Waals surface area contributed by atoms with Crippen LogP contribution in [0.1, 0.15) is 19.4 Å². The van der Waals surface area contributed by atoms with Gasteiger partial charge in [-0.15, -0.1) is 11.8 Å². The van der Waals surface area contributed by atoms with Gasteiger partial charge in [-0.3, -0.25) is 0 Å². The molecule has 0 bridgehead atoms. The van der Waals surface area contributed by atoms with Gasteiger partial charge in [0.05, 0.1) is 0 Å². The molecule has 0 aliphatic carbocycles. The monoisotopic (exact) mass is 307 g/mol. The summed E-state index contributed by atoms with van der Waals surface area (Å²) in [6, 6.07) is 8.72. The highest BCUT2D eigenvalue weighted by molar-refractivity contribution is 7.99. The van der Waals surface area contributed by atoms with Gasteiger partial charge < -0.3 is 15.5 Å². The van der Waals surface area contributed by atoms with E-state index in [0.717, 1.165) is 38.5 Å². The van der Waals surface area contributed by atoms with Crippen LogP contribution in [-0.4, -0.2) is 42.9 Å². The summed E-state index contributed by atoms with van der Waals surface area (Å²) in [5.74, 6) is 1.62. The first kappa shape index (κ1) is 16.2. The Kier molecular flexibility index (Phi) is 6.39. The van der Waals surface area contributed by atoms with Crippen molar-refractivity contribution in [1.82, 2.24) is 15.5 Å². The molecular formula is C16H25N3OS. The highest BCUT2D eigenvalue weighted by Crippen LogP contribution is 2.19. The normalized spacial score (nSPS) is 14.8. The van der Waals surface area contributed by atoms with E-state index in [9.17, 15) is 4.79 Å². The fraction of sp³-hybridized carbons (Fsp3) is 0.562. The quantitative estimate of drug-likeness (QED) is 0.726. The summed E-state index contributed by atoms with van der Waals surface area (Å²) < 4.78 is 0. The second-order valence-corrected chi connectivity index (χ2v) is 6.91. The molecule has 1 aliphatic rings. The summed E-state index contributed by atoms with van der Waals surface area (Å²) in [7, 11) is 0. The molecular weight excluding hydrogens is 282 g/mol. The Hall–Kier alpha value is -1.20. The molecule has 5 heteroatoms. The molecule has 1 aromatic rings. The molecule has 2 amide bonds. The third-order valence-electron chi connectivity index (χ3n) is 3.36. The summed E-state index contributed by atoms with van der Waals surface area (Å²) in [6.07, 6.45) is 0. The summed E-state index contributed by atoms with van der Waals surface area (Å²) in [6.45, 7) is 8.81. The largest absolute Gasteiger partial charge is 0.336 e. The zero-order valence-corrected chi connectivity index (χ0v) is 13.7. The maximum Gasteiger partial charge on any atom is 0.317 e. The number of nitrogens with zero attached hydrogens (tertiary/aromatic N) is 1. The second-order valence-electron chi connectivity index (χ2n) is 5.74. The number of nitrogens with one attached hydrogen (secondary N) is 2. The first-order chi connectivity index (χ1) is 10.1. The topological polar surface area (TPSA) is 44.4 Å². The molecule has 1 aromatic carbocycles. The number of carbonyl (C=O) groups is 1. The van der Waals surface area contributed by atoms with Gasteiger partial charge in [-0.1, -0.05) is 26.0 Å². The van der Waals surface area contributed by atoms with Gasteiger partial charge in [0.25, 0.3) is 0 Å². The van der Waals surface area contributed by atoms with Crippen LogP contribution in [0.2, 0.25) is 0 Å². The van der Waals surface area contributed by atoms with Crippen molar-refractivity contribution in [3.05, 3.63) is 29.8 Å². The van der Waals surface area contributed by atoms with Crippen molar-refractivity contribution in [2.45, 2.75) is 25.3 Å². The molecule has 0 atom stereocenters. The van der Waals surface area contributed by atoms with E-state index in [1.54, 1.807) is 0 Å². The molecule has 4 nitrogen and oxygen atoms in total. The smallest absolute Gasteiger partial charge is 0.317 e. The van der Waals surface area contributed by atoms with E-state index in [2.05, 4.69) is 48.7 Å². The van der Waals surface area contributed by atoms with Gasteiger partial charge in [-0.05, 0) is 30.2 Å². The lowest BCUT2D eigenvalue weighted by Gasteiger charge is -2.13. The summed E-state index contributed by atoms with van der Waals surface area (Å²) >= 11 is 1.81. The Balaban J connectivity index is 1.74. The van der Waals surface area contributed by atoms with E-state index in [-0.39, 0.29) is 6.03 Å². The molecule has 1 heterocycles. The average Bonchev–Trinajstić information content (AvgIpc) is 2.85. The summed E-state index contributed by atoms with van der Waals surface area (Å²) in [5.41, 5.74) is 1.32. The fourth-order valence-corrected chi connectivity index (χ4v) is 3.21. The number of amides is 2. The lowest BCUT2D eigenvalue weighted by Crippen LogP contribution is -2.30. The van der Waals surface area contributed by atoms with E-state index < -0.39 is 0 Å². The summed E-state index contributed by atoms with van der Waals surface area (Å²) in [5, 5.41) is 6.29. The van der Waals surface area contributed by atoms with Gasteiger partial charge >= 0.3 is 6.03 Å². The highest BCUT2D eigenvalue weighted by Gasteiger charge is 2.18. The van der Waals surface area contributed by atoms with Crippen molar-refractivity contribution in [2.24, 2.45) is 5.92 Å². The lowest BCUT2D eigenvalue weighted by atomic mass is 10.2. The molecule has 1 aliphatic heterocycles. The number of benzene rings is 1. The molecule has 116 valence electrons. The molecule has 21 heavy (non-hydrogen) atoms. The Labute approximate surface area is 131 Å². The maximum atomic E-state index is 11.4. The Morgan fingerprint density at radius 3 is 3.00 bits per heavy atom. The number of carbonyl (C=O) groups excluding carboxylic acids is 1. The number of urea groups is 1. The van der Waals surface area contributed by atoms with Gasteiger partial charge in [0, 0.05) is 36.8 Å². The zero-order valence-electron chi connectivity index (χ0n) is 12.9. The van der Waals surface area contributed by atoms with Crippen molar-refractivity contribution in [3.8, 4) is 0 Å². The van der Waals surface area contributed by atoms with Gasteiger partial charge in [0.2, 0.25) is 0 Å². The highest BCUT2D eigenvalue weighted by atomic mass is 32.2. The third-order valence-corrected chi connectivity index (χ3v) is 4.33. The molecule has 1 saturated heterocycles. The SMILES string of the molecule is CC(C)CNCc1cccc(SCCN2CCNC2=O)c1. The number of hydrogen-bond acceptors (Lipinski definition) is 3. The predicted molar refractivity (Wildman–Crippen MR) is 88.7 cm³/mol. The Morgan fingerprint density at radius 2 is 2.29 bits per heavy atom. The maximum absolute atomic E-state index is 11.4. The van der Waals surface area contributed by atoms with Crippen LogP contribution in [0, 0.1) is 5.92 Å². The number of thioether (sulfide) groups is 1. The number of hydrogen-bond donors (Lipinski definition) is 2. The van der Waals surface area contributed by atoms with E-state index >= 15 is 0 Å². The Morgan fingerprint density at radius 1 is 1.43 bits per heavy atom. The molecule has 2 N–H and O–H groups in total. The average molecular weight is 307 g/mol. The molecule has 0 radical (unpaired) electrons. The van der Waals surface area contributed by atoms with Crippen molar-refractivity contribution >= 4 is 17.8 Å². The van der Waals surface area contributed by atoms with Gasteiger partial charge in [-0.2, -0.15) is 0 Å². The zero-order chi connectivity index (χ0) is 15.1. The van der Waals surface area contributed by atoms with Crippen molar-refractivity contribution < 1.29 is 4.79 Å². The minimum atomic E-state index is 0.0715. The third kappa shape index (κ3) is 5.59. The van der Waals surface area contributed by atoms with Crippen LogP contribution in [0.5, 0.6) is 0 Å². The van der Waals surface area contributed by atoms with Gasteiger partial charge in [0.1, 0.15) is 0 Å². The van der Waals surface area contributed by atoms with Crippen LogP contribution in [0.3, 0.4) is 0 Å². The molecule has 1 fully saturated rings. The first-order valence-corrected chi connectivity index (χ1v) is 8.59. The molecule has 0 spiro atoms. The van der Waals surface area contributed by atoms with Gasteiger partial charge in [-0.25, -0.2) is 4.79 Å². The Bertz CT molecular complexity index is 465. The van der Waals surface area contributed by atoms with Crippen LogP contribution in [0.25, 0.3) is 0 Å². The lowest BCUT2D eigenvalue weighted by molar-refractivity contribution is 0.220. The van der Waals surface area contributed by atoms with Crippen molar-refractivity contribution in [1.29, 1.82) is 0 Å². The van der Waals surface area contributed by atoms with E-state index in [0.29, 0.717) is 5.92 Å². The summed E-state index contributed by atoms with van der Waals surface area (Å²) in [4.78, 5) is 14.6. The number of rotatable bonds is 8. The fourth-order valence-electron chi connectivity index (χ4n) is 2.25. The standard InChI is InChI=1S/C16H25N3OS/c1-13(2)11-17-12-14-4-3-5-15(10-14)21-9-8-19-7-6-18-16(19)20/h3-5,10,13,17H,6-9,11-12H2,1-2H3,(H,18,20). The predicted octanol–water partition coefficient (Wildman–Crippen LogP) is 2.55. The van der Waals surface area contributed by atoms with Crippen molar-refractivity contribution in [2.75, 3.05) is 31.9 Å². The van der Waals surface area contributed by atoms with Crippen LogP contribution in [-0.2, 0) is 6.54 Å². The van der Waals surface area contributed by atoms with E-state index in [1.807, 2.05) is 16.7 Å². The molecule has 0 saturated carbocycles. The molecule has 0 aromatic heterocycles. The first-order valence-electron chi connectivity index (χ1n) is 7.60. The van der Waals surface area contributed by atoms with Crippen LogP contribution < -0.4 is 10.6 Å². The van der Waals surface area contributed by atoms with E-state index in [1.165, 1.54) is 10.5 Å². The molecule has 0 unspecified atom stereocenters. The minimum Gasteiger partial charge on any atom is -0.336 e. The van der Waals surface area contributed by atoms with Gasteiger partial charge in [0.15, 0.2) is 0 Å². The van der Waals surface area contributed by atoms with E-state index in [4.69, 9.17) is 0 Å². The van der Waals surface area contributed by atoms with Crippen molar-refractivity contribution in [3.63, 3.8) is 0 Å². The van der Waals surface area contributed by atoms with Crippen LogP contribution in [0.4, 0.5) is 4.79 Å². The molecule has 2 rings (SSSR count). The van der Waals surface area contributed by atoms with Crippen LogP contribution >= 0.6 is 11.8 Å². The second kappa shape index (κ2) is 8.29. The van der Waals surface area contributed by atoms with Crippen LogP contribution in [0.15, 0.2) is 29.2 Å². The minimum absolute atomic E-state index is 0.0715.